The maximum Gasteiger partial charge on any atom is 0.0346 e. The van der Waals surface area contributed by atoms with Crippen LogP contribution in [0.25, 0.3) is 5.57 Å². The van der Waals surface area contributed by atoms with E-state index in [-0.39, 0.29) is 10.8 Å². The first kappa shape index (κ1) is 38.3. The fourth-order valence-corrected chi connectivity index (χ4v) is 4.39. The molecule has 1 aromatic carbocycles. The maximum atomic E-state index is 8.43. The van der Waals surface area contributed by atoms with Crippen LogP contribution < -0.4 is 0 Å². The number of hydrogen-bond donors (Lipinski definition) is 1. The summed E-state index contributed by atoms with van der Waals surface area (Å²) in [6, 6.07) is 10.5. The van der Waals surface area contributed by atoms with Crippen LogP contribution in [0.5, 0.6) is 0 Å². The number of rotatable bonds is 8. The van der Waals surface area contributed by atoms with Crippen LogP contribution >= 0.6 is 0 Å². The minimum atomic E-state index is 0.251. The molecule has 2 atom stereocenters. The lowest BCUT2D eigenvalue weighted by Gasteiger charge is -2.28. The Hall–Kier alpha value is -2.67. The zero-order valence-corrected chi connectivity index (χ0v) is 29.0. The lowest BCUT2D eigenvalue weighted by molar-refractivity contribution is 0.489. The topological polar surface area (TPSA) is 23.9 Å². The molecule has 0 amide bonds. The molecule has 0 spiro atoms. The summed E-state index contributed by atoms with van der Waals surface area (Å²) in [7, 11) is 0. The quantitative estimate of drug-likeness (QED) is 0.187. The van der Waals surface area contributed by atoms with Gasteiger partial charge in [-0.2, -0.15) is 0 Å². The number of hydrogen-bond acceptors (Lipinski definition) is 1. The van der Waals surface area contributed by atoms with E-state index in [1.807, 2.05) is 6.07 Å². The first-order valence-corrected chi connectivity index (χ1v) is 15.9. The Kier molecular flexibility index (Phi) is 18.2. The van der Waals surface area contributed by atoms with Crippen molar-refractivity contribution in [3.05, 3.63) is 101 Å². The lowest BCUT2D eigenvalue weighted by Crippen LogP contribution is -2.21. The van der Waals surface area contributed by atoms with Crippen molar-refractivity contribution >= 4 is 11.3 Å². The second-order valence-electron chi connectivity index (χ2n) is 13.0. The summed E-state index contributed by atoms with van der Waals surface area (Å²) < 4.78 is 0. The molecular weight excluding hydrogens is 494 g/mol. The van der Waals surface area contributed by atoms with Gasteiger partial charge in [-0.25, -0.2) is 0 Å². The minimum absolute atomic E-state index is 0.251. The van der Waals surface area contributed by atoms with Crippen molar-refractivity contribution < 1.29 is 0 Å². The molecule has 1 N–H and O–H groups in total. The van der Waals surface area contributed by atoms with Crippen molar-refractivity contribution in [1.29, 1.82) is 5.41 Å². The molecule has 0 aromatic heterocycles. The standard InChI is InChI=1S/C22H27N.C14H26.C4H10/c1-4-10-18(11-5-2)20-15-14-19(16-21(20)22(23)6-3)17-12-8-7-9-13-17;1-9-12(14(6,7)8)10-11(2)13(3,4)5;1-3-4-2/h4-5,7-14,16,18,20,23H,6,15H2,1-3H3;9-10H,1-8H3;3-4H2,1-2H3/b10-4-,11-5?,23-22?;11-10+,12-9+;. The van der Waals surface area contributed by atoms with Crippen molar-refractivity contribution in [2.45, 2.75) is 116 Å². The third kappa shape index (κ3) is 14.2. The molecule has 0 radical (unpaired) electrons. The summed E-state index contributed by atoms with van der Waals surface area (Å²) in [6.07, 6.45) is 22.3. The first-order valence-electron chi connectivity index (χ1n) is 15.9. The average molecular weight is 558 g/mol. The largest absolute Gasteiger partial charge is 0.305 e. The fourth-order valence-electron chi connectivity index (χ4n) is 4.39. The van der Waals surface area contributed by atoms with Crippen molar-refractivity contribution in [3.8, 4) is 0 Å². The minimum Gasteiger partial charge on any atom is -0.305 e. The average Bonchev–Trinajstić information content (AvgIpc) is 2.94. The fraction of sp³-hybridized carbons (Fsp3) is 0.525. The molecule has 0 bridgehead atoms. The lowest BCUT2D eigenvalue weighted by atomic mass is 9.76. The molecule has 0 heterocycles. The van der Waals surface area contributed by atoms with E-state index in [0.717, 1.165) is 18.6 Å². The Labute approximate surface area is 255 Å². The predicted molar refractivity (Wildman–Crippen MR) is 189 cm³/mol. The van der Waals surface area contributed by atoms with Gasteiger partial charge in [0.15, 0.2) is 0 Å². The Bertz CT molecular complexity index is 1060. The van der Waals surface area contributed by atoms with Gasteiger partial charge in [0.25, 0.3) is 0 Å². The van der Waals surface area contributed by atoms with Gasteiger partial charge in [-0.3, -0.25) is 0 Å². The Morgan fingerprint density at radius 3 is 1.80 bits per heavy atom. The van der Waals surface area contributed by atoms with E-state index < -0.39 is 0 Å². The van der Waals surface area contributed by atoms with Crippen molar-refractivity contribution in [1.82, 2.24) is 0 Å². The van der Waals surface area contributed by atoms with Gasteiger partial charge in [0, 0.05) is 11.6 Å². The molecule has 1 nitrogen and oxygen atoms in total. The van der Waals surface area contributed by atoms with E-state index >= 15 is 0 Å². The Morgan fingerprint density at radius 1 is 0.878 bits per heavy atom. The predicted octanol–water partition coefficient (Wildman–Crippen LogP) is 13.0. The van der Waals surface area contributed by atoms with Gasteiger partial charge in [0.1, 0.15) is 0 Å². The van der Waals surface area contributed by atoms with Crippen LogP contribution in [0, 0.1) is 28.1 Å². The Morgan fingerprint density at radius 2 is 1.41 bits per heavy atom. The van der Waals surface area contributed by atoms with Crippen molar-refractivity contribution in [2.75, 3.05) is 0 Å². The zero-order chi connectivity index (χ0) is 31.6. The van der Waals surface area contributed by atoms with E-state index in [2.05, 4.69) is 163 Å². The van der Waals surface area contributed by atoms with Gasteiger partial charge >= 0.3 is 0 Å². The molecule has 0 saturated carbocycles. The normalized spacial score (nSPS) is 17.2. The van der Waals surface area contributed by atoms with E-state index in [9.17, 15) is 0 Å². The molecule has 0 fully saturated rings. The van der Waals surface area contributed by atoms with E-state index in [1.165, 1.54) is 40.7 Å². The van der Waals surface area contributed by atoms with E-state index in [1.54, 1.807) is 0 Å². The SMILES string of the molecule is C/C=C(\C=C(/C)C(C)(C)C)C(C)(C)C.CC=CC(/C=C\C)C1CC=C(c2ccccc2)C=C1C(=N)CC.CCCC. The van der Waals surface area contributed by atoms with Gasteiger partial charge in [-0.1, -0.05) is 154 Å². The molecule has 1 heteroatoms. The molecule has 1 aromatic rings. The van der Waals surface area contributed by atoms with Crippen LogP contribution in [0.4, 0.5) is 0 Å². The highest BCUT2D eigenvalue weighted by atomic mass is 14.4. The number of unbranched alkanes of at least 4 members (excludes halogenated alkanes) is 1. The van der Waals surface area contributed by atoms with Crippen molar-refractivity contribution in [3.63, 3.8) is 0 Å². The van der Waals surface area contributed by atoms with Gasteiger partial charge in [-0.05, 0) is 85.6 Å². The summed E-state index contributed by atoms with van der Waals surface area (Å²) >= 11 is 0. The maximum absolute atomic E-state index is 8.43. The molecule has 1 aliphatic carbocycles. The summed E-state index contributed by atoms with van der Waals surface area (Å²) in [5.74, 6) is 0.721. The van der Waals surface area contributed by atoms with Crippen molar-refractivity contribution in [2.24, 2.45) is 22.7 Å². The van der Waals surface area contributed by atoms with Gasteiger partial charge in [0.05, 0.1) is 0 Å². The Balaban J connectivity index is 0.000000758. The molecule has 2 unspecified atom stereocenters. The number of allylic oxidation sites excluding steroid dienone is 12. The third-order valence-electron chi connectivity index (χ3n) is 7.64. The molecule has 228 valence electrons. The highest BCUT2D eigenvalue weighted by molar-refractivity contribution is 6.01. The molecule has 2 rings (SSSR count). The van der Waals surface area contributed by atoms with Gasteiger partial charge in [0.2, 0.25) is 0 Å². The van der Waals surface area contributed by atoms with Crippen LogP contribution in [0.1, 0.15) is 121 Å². The smallest absolute Gasteiger partial charge is 0.0346 e. The summed E-state index contributed by atoms with van der Waals surface area (Å²) in [5, 5.41) is 8.43. The van der Waals surface area contributed by atoms with E-state index in [0.29, 0.717) is 11.8 Å². The summed E-state index contributed by atoms with van der Waals surface area (Å²) in [5.41, 5.74) is 7.83. The second-order valence-corrected chi connectivity index (χ2v) is 13.0. The number of benzene rings is 1. The third-order valence-corrected chi connectivity index (χ3v) is 7.64. The van der Waals surface area contributed by atoms with Gasteiger partial charge < -0.3 is 5.41 Å². The van der Waals surface area contributed by atoms with Crippen LogP contribution in [-0.4, -0.2) is 5.71 Å². The molecule has 41 heavy (non-hydrogen) atoms. The molecular formula is C40H63N. The van der Waals surface area contributed by atoms with Crippen LogP contribution in [-0.2, 0) is 0 Å². The molecule has 1 aliphatic rings. The van der Waals surface area contributed by atoms with Crippen LogP contribution in [0.15, 0.2) is 95.7 Å². The number of nitrogens with one attached hydrogen (secondary N) is 1. The van der Waals surface area contributed by atoms with Crippen LogP contribution in [0.3, 0.4) is 0 Å². The van der Waals surface area contributed by atoms with Crippen LogP contribution in [0.2, 0.25) is 0 Å². The second kappa shape index (κ2) is 19.5. The summed E-state index contributed by atoms with van der Waals surface area (Å²) in [4.78, 5) is 0. The first-order chi connectivity index (χ1) is 19.2. The zero-order valence-electron chi connectivity index (χ0n) is 29.0. The monoisotopic (exact) mass is 557 g/mol. The molecule has 0 saturated heterocycles. The van der Waals surface area contributed by atoms with E-state index in [4.69, 9.17) is 5.41 Å². The highest BCUT2D eigenvalue weighted by Gasteiger charge is 2.26. The highest BCUT2D eigenvalue weighted by Crippen LogP contribution is 2.36. The van der Waals surface area contributed by atoms with Gasteiger partial charge in [-0.15, -0.1) is 0 Å². The molecule has 0 aliphatic heterocycles. The summed E-state index contributed by atoms with van der Waals surface area (Å²) in [6.45, 7) is 28.5.